The second-order valence-corrected chi connectivity index (χ2v) is 6.73. The van der Waals surface area contributed by atoms with Crippen molar-refractivity contribution in [1.82, 2.24) is 4.90 Å². The highest BCUT2D eigenvalue weighted by Crippen LogP contribution is 2.45. The molecule has 4 heteroatoms. The summed E-state index contributed by atoms with van der Waals surface area (Å²) < 4.78 is 13.1. The maximum absolute atomic E-state index is 13.1. The first kappa shape index (κ1) is 14.3. The molecule has 20 heavy (non-hydrogen) atoms. The predicted octanol–water partition coefficient (Wildman–Crippen LogP) is 3.61. The quantitative estimate of drug-likeness (QED) is 0.901. The minimum absolute atomic E-state index is 0.0881. The molecule has 110 valence electrons. The Morgan fingerprint density at radius 3 is 2.85 bits per heavy atom. The van der Waals surface area contributed by atoms with Crippen LogP contribution in [0.1, 0.15) is 37.7 Å². The van der Waals surface area contributed by atoms with Gasteiger partial charge in [-0.3, -0.25) is 4.90 Å². The molecule has 0 radical (unpaired) electrons. The van der Waals surface area contributed by atoms with E-state index < -0.39 is 0 Å². The van der Waals surface area contributed by atoms with Crippen LogP contribution in [0.5, 0.6) is 0 Å². The fraction of sp³-hybridized carbons (Fsp3) is 0.625. The molecule has 1 saturated heterocycles. The molecule has 1 saturated carbocycles. The molecule has 2 aliphatic rings. The number of aliphatic hydroxyl groups excluding tert-OH is 1. The first-order valence-corrected chi connectivity index (χ1v) is 7.81. The standard InChI is InChI=1S/C16H21ClFNO/c17-14-9-13(18)5-4-12(14)10-19-8-2-7-16(11-19)6-1-3-15(16)20/h4-5,9,15,20H,1-3,6-8,10-11H2/t15-,16+/m1/s1. The third-order valence-corrected chi connectivity index (χ3v) is 5.31. The van der Waals surface area contributed by atoms with Crippen molar-refractivity contribution in [3.05, 3.63) is 34.6 Å². The Morgan fingerprint density at radius 2 is 2.15 bits per heavy atom. The third-order valence-electron chi connectivity index (χ3n) is 4.96. The zero-order valence-corrected chi connectivity index (χ0v) is 12.4. The molecule has 0 aromatic heterocycles. The van der Waals surface area contributed by atoms with Crippen LogP contribution in [0.15, 0.2) is 18.2 Å². The average molecular weight is 298 g/mol. The molecule has 0 amide bonds. The van der Waals surface area contributed by atoms with Crippen LogP contribution in [-0.4, -0.2) is 29.2 Å². The van der Waals surface area contributed by atoms with Gasteiger partial charge in [-0.05, 0) is 49.9 Å². The molecule has 2 nitrogen and oxygen atoms in total. The van der Waals surface area contributed by atoms with Crippen LogP contribution in [0.4, 0.5) is 4.39 Å². The SMILES string of the molecule is O[C@@H]1CCC[C@@]12CCCN(Cc1ccc(F)cc1Cl)C2. The zero-order valence-electron chi connectivity index (χ0n) is 11.6. The van der Waals surface area contributed by atoms with E-state index in [4.69, 9.17) is 11.6 Å². The molecule has 2 atom stereocenters. The number of hydrogen-bond acceptors (Lipinski definition) is 2. The Hall–Kier alpha value is -0.640. The Morgan fingerprint density at radius 1 is 1.35 bits per heavy atom. The van der Waals surface area contributed by atoms with Crippen LogP contribution in [-0.2, 0) is 6.54 Å². The monoisotopic (exact) mass is 297 g/mol. The average Bonchev–Trinajstić information content (AvgIpc) is 2.74. The molecule has 1 aliphatic heterocycles. The molecule has 3 rings (SSSR count). The summed E-state index contributed by atoms with van der Waals surface area (Å²) in [6.45, 7) is 2.71. The van der Waals surface area contributed by atoms with Crippen LogP contribution in [0.25, 0.3) is 0 Å². The molecule has 1 heterocycles. The fourth-order valence-corrected chi connectivity index (χ4v) is 4.11. The summed E-state index contributed by atoms with van der Waals surface area (Å²) in [4.78, 5) is 2.36. The Balaban J connectivity index is 1.71. The number of rotatable bonds is 2. The van der Waals surface area contributed by atoms with Gasteiger partial charge < -0.3 is 5.11 Å². The van der Waals surface area contributed by atoms with Crippen molar-refractivity contribution in [3.63, 3.8) is 0 Å². The van der Waals surface area contributed by atoms with E-state index in [1.165, 1.54) is 12.1 Å². The molecule has 0 bridgehead atoms. The number of aliphatic hydroxyl groups is 1. The number of halogens is 2. The largest absolute Gasteiger partial charge is 0.393 e. The van der Waals surface area contributed by atoms with Crippen LogP contribution < -0.4 is 0 Å². The minimum Gasteiger partial charge on any atom is -0.393 e. The van der Waals surface area contributed by atoms with Crippen LogP contribution in [0.2, 0.25) is 5.02 Å². The second-order valence-electron chi connectivity index (χ2n) is 6.32. The highest BCUT2D eigenvalue weighted by Gasteiger charge is 2.44. The summed E-state index contributed by atoms with van der Waals surface area (Å²) in [6, 6.07) is 4.61. The van der Waals surface area contributed by atoms with E-state index in [0.29, 0.717) is 5.02 Å². The van der Waals surface area contributed by atoms with Crippen LogP contribution in [0, 0.1) is 11.2 Å². The fourth-order valence-electron chi connectivity index (χ4n) is 3.88. The predicted molar refractivity (Wildman–Crippen MR) is 78.2 cm³/mol. The lowest BCUT2D eigenvalue weighted by Crippen LogP contribution is -2.46. The lowest BCUT2D eigenvalue weighted by atomic mass is 9.76. The lowest BCUT2D eigenvalue weighted by Gasteiger charge is -2.42. The van der Waals surface area contributed by atoms with Gasteiger partial charge in [0, 0.05) is 23.5 Å². The van der Waals surface area contributed by atoms with E-state index in [9.17, 15) is 9.50 Å². The van der Waals surface area contributed by atoms with Gasteiger partial charge in [0.25, 0.3) is 0 Å². The first-order valence-electron chi connectivity index (χ1n) is 7.43. The minimum atomic E-state index is -0.292. The van der Waals surface area contributed by atoms with Crippen LogP contribution in [0.3, 0.4) is 0 Å². The van der Waals surface area contributed by atoms with Gasteiger partial charge in [-0.25, -0.2) is 4.39 Å². The van der Waals surface area contributed by atoms with Crippen molar-refractivity contribution in [3.8, 4) is 0 Å². The van der Waals surface area contributed by atoms with E-state index in [1.54, 1.807) is 6.07 Å². The number of likely N-dealkylation sites (tertiary alicyclic amines) is 1. The summed E-state index contributed by atoms with van der Waals surface area (Å²) in [7, 11) is 0. The van der Waals surface area contributed by atoms with E-state index in [0.717, 1.165) is 57.3 Å². The highest BCUT2D eigenvalue weighted by atomic mass is 35.5. The summed E-state index contributed by atoms with van der Waals surface area (Å²) in [5, 5.41) is 10.8. The third kappa shape index (κ3) is 2.72. The van der Waals surface area contributed by atoms with Crippen LogP contribution >= 0.6 is 11.6 Å². The van der Waals surface area contributed by atoms with E-state index >= 15 is 0 Å². The molecule has 1 aliphatic carbocycles. The maximum atomic E-state index is 13.1. The van der Waals surface area contributed by atoms with Gasteiger partial charge in [0.2, 0.25) is 0 Å². The maximum Gasteiger partial charge on any atom is 0.124 e. The molecule has 1 aromatic rings. The molecule has 2 fully saturated rings. The highest BCUT2D eigenvalue weighted by molar-refractivity contribution is 6.31. The number of hydrogen-bond donors (Lipinski definition) is 1. The molecular formula is C16H21ClFNO. The molecule has 0 unspecified atom stereocenters. The van der Waals surface area contributed by atoms with Crippen molar-refractivity contribution >= 4 is 11.6 Å². The Kier molecular flexibility index (Phi) is 4.02. The van der Waals surface area contributed by atoms with Gasteiger partial charge in [-0.1, -0.05) is 24.1 Å². The van der Waals surface area contributed by atoms with Crippen molar-refractivity contribution in [2.75, 3.05) is 13.1 Å². The Bertz CT molecular complexity index is 495. The van der Waals surface area contributed by atoms with Gasteiger partial charge in [-0.2, -0.15) is 0 Å². The van der Waals surface area contributed by atoms with E-state index in [2.05, 4.69) is 4.90 Å². The smallest absolute Gasteiger partial charge is 0.124 e. The summed E-state index contributed by atoms with van der Waals surface area (Å²) >= 11 is 6.11. The van der Waals surface area contributed by atoms with Crippen molar-refractivity contribution in [2.45, 2.75) is 44.8 Å². The normalized spacial score (nSPS) is 31.1. The summed E-state index contributed by atoms with van der Waals surface area (Å²) in [6.07, 6.45) is 5.28. The second kappa shape index (κ2) is 5.63. The van der Waals surface area contributed by atoms with Crippen molar-refractivity contribution < 1.29 is 9.50 Å². The first-order chi connectivity index (χ1) is 9.59. The van der Waals surface area contributed by atoms with E-state index in [1.807, 2.05) is 0 Å². The number of benzene rings is 1. The van der Waals surface area contributed by atoms with Gasteiger partial charge in [0.15, 0.2) is 0 Å². The lowest BCUT2D eigenvalue weighted by molar-refractivity contribution is -0.0120. The topological polar surface area (TPSA) is 23.5 Å². The van der Waals surface area contributed by atoms with Gasteiger partial charge >= 0.3 is 0 Å². The number of piperidine rings is 1. The molecule has 1 N–H and O–H groups in total. The Labute approximate surface area is 124 Å². The molecule has 1 spiro atoms. The summed E-state index contributed by atoms with van der Waals surface area (Å²) in [5.41, 5.74) is 1.06. The van der Waals surface area contributed by atoms with Gasteiger partial charge in [0.1, 0.15) is 5.82 Å². The molecular weight excluding hydrogens is 277 g/mol. The van der Waals surface area contributed by atoms with Gasteiger partial charge in [-0.15, -0.1) is 0 Å². The van der Waals surface area contributed by atoms with E-state index in [-0.39, 0.29) is 17.3 Å². The number of nitrogens with zero attached hydrogens (tertiary/aromatic N) is 1. The molecule has 1 aromatic carbocycles. The summed E-state index contributed by atoms with van der Waals surface area (Å²) in [5.74, 6) is -0.292. The van der Waals surface area contributed by atoms with Crippen molar-refractivity contribution in [2.24, 2.45) is 5.41 Å². The van der Waals surface area contributed by atoms with Gasteiger partial charge in [0.05, 0.1) is 6.10 Å². The zero-order chi connectivity index (χ0) is 14.2. The van der Waals surface area contributed by atoms with Crippen molar-refractivity contribution in [1.29, 1.82) is 0 Å².